The molecule has 1 amide bonds. The summed E-state index contributed by atoms with van der Waals surface area (Å²) in [5, 5.41) is 17.4. The van der Waals surface area contributed by atoms with Crippen LogP contribution in [0.25, 0.3) is 17.4 Å². The van der Waals surface area contributed by atoms with Crippen molar-refractivity contribution in [1.29, 1.82) is 0 Å². The molecule has 27 heavy (non-hydrogen) atoms. The van der Waals surface area contributed by atoms with Crippen LogP contribution in [-0.4, -0.2) is 31.2 Å². The van der Waals surface area contributed by atoms with Gasteiger partial charge in [-0.2, -0.15) is 4.80 Å². The van der Waals surface area contributed by atoms with Gasteiger partial charge in [0, 0.05) is 16.7 Å². The number of rotatable bonds is 4. The fourth-order valence-corrected chi connectivity index (χ4v) is 2.75. The highest BCUT2D eigenvalue weighted by atomic mass is 35.5. The summed E-state index contributed by atoms with van der Waals surface area (Å²) in [6.45, 7) is 0. The number of benzene rings is 1. The maximum atomic E-state index is 11.9. The van der Waals surface area contributed by atoms with Crippen LogP contribution in [0.5, 0.6) is 0 Å². The van der Waals surface area contributed by atoms with Gasteiger partial charge in [-0.05, 0) is 53.8 Å². The molecule has 0 radical (unpaired) electrons. The van der Waals surface area contributed by atoms with Gasteiger partial charge in [0.2, 0.25) is 5.91 Å². The second kappa shape index (κ2) is 8.30. The fourth-order valence-electron chi connectivity index (χ4n) is 2.05. The minimum Gasteiger partial charge on any atom is -0.457 e. The molecule has 0 aliphatic carbocycles. The Bertz CT molecular complexity index is 1030. The number of nitrogens with zero attached hydrogens (tertiary/aromatic N) is 4. The third-order valence-corrected chi connectivity index (χ3v) is 3.94. The van der Waals surface area contributed by atoms with E-state index in [0.29, 0.717) is 27.1 Å². The van der Waals surface area contributed by atoms with Gasteiger partial charge in [0.15, 0.2) is 5.11 Å². The predicted octanol–water partition coefficient (Wildman–Crippen LogP) is 3.30. The maximum Gasteiger partial charge on any atom is 0.269 e. The highest BCUT2D eigenvalue weighted by Gasteiger charge is 2.09. The molecule has 2 heterocycles. The summed E-state index contributed by atoms with van der Waals surface area (Å²) >= 11 is 17.1. The topological polar surface area (TPSA) is 97.9 Å². The molecule has 0 atom stereocenters. The molecule has 11 heteroatoms. The zero-order chi connectivity index (χ0) is 19.4. The summed E-state index contributed by atoms with van der Waals surface area (Å²) in [6, 6.07) is 8.56. The molecular formula is C16H12Cl2N6O2S. The van der Waals surface area contributed by atoms with Crippen molar-refractivity contribution < 1.29 is 9.21 Å². The number of hydrogen-bond acceptors (Lipinski definition) is 6. The Morgan fingerprint density at radius 3 is 2.81 bits per heavy atom. The first-order valence-corrected chi connectivity index (χ1v) is 8.66. The maximum absolute atomic E-state index is 11.9. The number of carbonyl (C=O) groups is 1. The van der Waals surface area contributed by atoms with Crippen LogP contribution < -0.4 is 10.6 Å². The Hall–Kier alpha value is -2.75. The van der Waals surface area contributed by atoms with E-state index in [2.05, 4.69) is 26.0 Å². The van der Waals surface area contributed by atoms with Crippen molar-refractivity contribution in [2.45, 2.75) is 0 Å². The molecule has 8 nitrogen and oxygen atoms in total. The lowest BCUT2D eigenvalue weighted by atomic mass is 10.2. The number of aromatic nitrogens is 4. The van der Waals surface area contributed by atoms with Gasteiger partial charge < -0.3 is 4.42 Å². The van der Waals surface area contributed by atoms with E-state index in [1.165, 1.54) is 16.9 Å². The molecule has 0 aliphatic heterocycles. The van der Waals surface area contributed by atoms with E-state index in [4.69, 9.17) is 39.8 Å². The summed E-state index contributed by atoms with van der Waals surface area (Å²) < 4.78 is 5.67. The first kappa shape index (κ1) is 19.0. The first-order chi connectivity index (χ1) is 12.9. The molecule has 0 bridgehead atoms. The molecule has 0 unspecified atom stereocenters. The SMILES string of the molecule is Cn1nnc(NC(=S)NC(=O)/C=C/c2ccc(-c3ccc(Cl)cc3Cl)o2)n1. The number of halogens is 2. The molecule has 2 aromatic heterocycles. The van der Waals surface area contributed by atoms with Crippen LogP contribution >= 0.6 is 35.4 Å². The van der Waals surface area contributed by atoms with Gasteiger partial charge in [-0.3, -0.25) is 15.4 Å². The number of anilines is 1. The monoisotopic (exact) mass is 422 g/mol. The number of amides is 1. The standard InChI is InChI=1S/C16H12Cl2N6O2S/c1-24-22-15(21-23-24)20-16(27)19-14(25)7-4-10-3-6-13(26-10)11-5-2-9(17)8-12(11)18/h2-8H,1H3,(H2,19,20,22,25,27)/b7-4+. The summed E-state index contributed by atoms with van der Waals surface area (Å²) in [7, 11) is 1.61. The molecule has 0 saturated heterocycles. The molecule has 0 fully saturated rings. The van der Waals surface area contributed by atoms with Crippen molar-refractivity contribution in [2.75, 3.05) is 5.32 Å². The van der Waals surface area contributed by atoms with Crippen molar-refractivity contribution in [1.82, 2.24) is 25.5 Å². The smallest absolute Gasteiger partial charge is 0.269 e. The predicted molar refractivity (Wildman–Crippen MR) is 106 cm³/mol. The number of nitrogens with one attached hydrogen (secondary N) is 2. The molecular weight excluding hydrogens is 411 g/mol. The minimum atomic E-state index is -0.445. The van der Waals surface area contributed by atoms with Gasteiger partial charge in [-0.1, -0.05) is 28.3 Å². The highest BCUT2D eigenvalue weighted by Crippen LogP contribution is 2.31. The zero-order valence-electron chi connectivity index (χ0n) is 13.8. The Morgan fingerprint density at radius 2 is 2.11 bits per heavy atom. The number of aryl methyl sites for hydroxylation is 1. The quantitative estimate of drug-likeness (QED) is 0.491. The normalized spacial score (nSPS) is 10.9. The van der Waals surface area contributed by atoms with Crippen molar-refractivity contribution in [3.63, 3.8) is 0 Å². The molecule has 3 aromatic rings. The van der Waals surface area contributed by atoms with Gasteiger partial charge >= 0.3 is 0 Å². The van der Waals surface area contributed by atoms with Crippen LogP contribution in [0.1, 0.15) is 5.76 Å². The van der Waals surface area contributed by atoms with E-state index >= 15 is 0 Å². The molecule has 2 N–H and O–H groups in total. The van der Waals surface area contributed by atoms with Crippen molar-refractivity contribution in [3.8, 4) is 11.3 Å². The van der Waals surface area contributed by atoms with E-state index < -0.39 is 5.91 Å². The lowest BCUT2D eigenvalue weighted by molar-refractivity contribution is -0.115. The second-order valence-electron chi connectivity index (χ2n) is 5.21. The van der Waals surface area contributed by atoms with E-state index in [1.54, 1.807) is 37.4 Å². The first-order valence-electron chi connectivity index (χ1n) is 7.50. The van der Waals surface area contributed by atoms with Crippen LogP contribution in [0.15, 0.2) is 40.8 Å². The van der Waals surface area contributed by atoms with Gasteiger partial charge in [-0.15, -0.1) is 5.10 Å². The van der Waals surface area contributed by atoms with Crippen molar-refractivity contribution >= 4 is 58.5 Å². The number of thiocarbonyl (C=S) groups is 1. The summed E-state index contributed by atoms with van der Waals surface area (Å²) in [5.41, 5.74) is 0.701. The Kier molecular flexibility index (Phi) is 5.84. The lowest BCUT2D eigenvalue weighted by Gasteiger charge is -2.03. The van der Waals surface area contributed by atoms with Gasteiger partial charge in [-0.25, -0.2) is 0 Å². The molecule has 138 valence electrons. The van der Waals surface area contributed by atoms with Crippen LogP contribution in [-0.2, 0) is 11.8 Å². The number of hydrogen-bond donors (Lipinski definition) is 2. The van der Waals surface area contributed by atoms with Crippen LogP contribution in [0.2, 0.25) is 10.0 Å². The van der Waals surface area contributed by atoms with Crippen LogP contribution in [0.3, 0.4) is 0 Å². The average Bonchev–Trinajstić information content (AvgIpc) is 3.22. The Balaban J connectivity index is 1.60. The van der Waals surface area contributed by atoms with Crippen molar-refractivity contribution in [3.05, 3.63) is 52.2 Å². The molecule has 0 spiro atoms. The molecule has 3 rings (SSSR count). The van der Waals surface area contributed by atoms with Gasteiger partial charge in [0.05, 0.1) is 12.1 Å². The van der Waals surface area contributed by atoms with Gasteiger partial charge in [0.1, 0.15) is 11.5 Å². The number of carbonyl (C=O) groups excluding carboxylic acids is 1. The number of tetrazole rings is 1. The third-order valence-electron chi connectivity index (χ3n) is 3.19. The molecule has 0 aliphatic rings. The molecule has 1 aromatic carbocycles. The molecule has 0 saturated carbocycles. The summed E-state index contributed by atoms with van der Waals surface area (Å²) in [6.07, 6.45) is 2.79. The Morgan fingerprint density at radius 1 is 1.30 bits per heavy atom. The van der Waals surface area contributed by atoms with Gasteiger partial charge in [0.25, 0.3) is 5.95 Å². The summed E-state index contributed by atoms with van der Waals surface area (Å²) in [5.74, 6) is 0.768. The highest BCUT2D eigenvalue weighted by molar-refractivity contribution is 7.80. The summed E-state index contributed by atoms with van der Waals surface area (Å²) in [4.78, 5) is 13.2. The van der Waals surface area contributed by atoms with Crippen LogP contribution in [0.4, 0.5) is 5.95 Å². The Labute approximate surface area is 169 Å². The fraction of sp³-hybridized carbons (Fsp3) is 0.0625. The average molecular weight is 423 g/mol. The van der Waals surface area contributed by atoms with E-state index in [9.17, 15) is 4.79 Å². The number of furan rings is 1. The van der Waals surface area contributed by atoms with Crippen molar-refractivity contribution in [2.24, 2.45) is 7.05 Å². The largest absolute Gasteiger partial charge is 0.457 e. The van der Waals surface area contributed by atoms with Crippen LogP contribution in [0, 0.1) is 0 Å². The van der Waals surface area contributed by atoms with E-state index in [-0.39, 0.29) is 11.1 Å². The lowest BCUT2D eigenvalue weighted by Crippen LogP contribution is -2.33. The third kappa shape index (κ3) is 5.13. The minimum absolute atomic E-state index is 0.0470. The zero-order valence-corrected chi connectivity index (χ0v) is 16.1. The van der Waals surface area contributed by atoms with E-state index in [0.717, 1.165) is 0 Å². The van der Waals surface area contributed by atoms with E-state index in [1.807, 2.05) is 0 Å². The second-order valence-corrected chi connectivity index (χ2v) is 6.46.